The van der Waals surface area contributed by atoms with E-state index in [4.69, 9.17) is 4.74 Å². The third-order valence-electron chi connectivity index (χ3n) is 4.62. The highest BCUT2D eigenvalue weighted by atomic mass is 79.9. The number of amides is 1. The molecule has 0 bridgehead atoms. The van der Waals surface area contributed by atoms with E-state index >= 15 is 0 Å². The van der Waals surface area contributed by atoms with Crippen LogP contribution < -0.4 is 5.32 Å². The summed E-state index contributed by atoms with van der Waals surface area (Å²) in [6.07, 6.45) is 0. The molecule has 1 aliphatic carbocycles. The molecule has 1 amide bonds. The first-order valence-corrected chi connectivity index (χ1v) is 7.44. The van der Waals surface area contributed by atoms with E-state index in [9.17, 15) is 9.59 Å². The van der Waals surface area contributed by atoms with Crippen molar-refractivity contribution in [2.45, 2.75) is 26.2 Å². The maximum atomic E-state index is 12.5. The highest BCUT2D eigenvalue weighted by Crippen LogP contribution is 2.73. The van der Waals surface area contributed by atoms with Gasteiger partial charge in [0.2, 0.25) is 5.91 Å². The number of benzene rings is 1. The summed E-state index contributed by atoms with van der Waals surface area (Å²) in [5.41, 5.74) is 0.450. The van der Waals surface area contributed by atoms with Crippen LogP contribution in [0, 0.1) is 11.3 Å². The molecule has 1 heterocycles. The molecule has 1 fully saturated rings. The molecule has 4 nitrogen and oxygen atoms in total. The zero-order chi connectivity index (χ0) is 14.7. The summed E-state index contributed by atoms with van der Waals surface area (Å²) < 4.78 is 6.05. The van der Waals surface area contributed by atoms with Gasteiger partial charge in [-0.1, -0.05) is 29.8 Å². The molecule has 3 rings (SSSR count). The lowest BCUT2D eigenvalue weighted by atomic mass is 9.89. The molecule has 1 aromatic rings. The Balaban J connectivity index is 2.12. The fourth-order valence-corrected chi connectivity index (χ4v) is 4.04. The van der Waals surface area contributed by atoms with Crippen molar-refractivity contribution in [1.82, 2.24) is 0 Å². The highest BCUT2D eigenvalue weighted by molar-refractivity contribution is 9.10. The summed E-state index contributed by atoms with van der Waals surface area (Å²) in [5, 5.41) is 2.89. The predicted molar refractivity (Wildman–Crippen MR) is 78.4 cm³/mol. The van der Waals surface area contributed by atoms with Crippen LogP contribution in [0.15, 0.2) is 22.7 Å². The molecule has 20 heavy (non-hydrogen) atoms. The molecular formula is C15H16BrNO3. The topological polar surface area (TPSA) is 55.4 Å². The van der Waals surface area contributed by atoms with Gasteiger partial charge in [0.05, 0.1) is 17.9 Å². The van der Waals surface area contributed by atoms with E-state index in [1.54, 1.807) is 6.92 Å². The molecule has 1 N–H and O–H groups in total. The maximum Gasteiger partial charge on any atom is 0.310 e. The van der Waals surface area contributed by atoms with Gasteiger partial charge in [-0.05, 0) is 36.1 Å². The van der Waals surface area contributed by atoms with Crippen molar-refractivity contribution >= 4 is 33.5 Å². The van der Waals surface area contributed by atoms with Crippen LogP contribution in [0.5, 0.6) is 0 Å². The molecule has 1 aliphatic heterocycles. The summed E-state index contributed by atoms with van der Waals surface area (Å²) in [7, 11) is 0. The Labute approximate surface area is 126 Å². The number of rotatable bonds is 2. The van der Waals surface area contributed by atoms with Crippen molar-refractivity contribution < 1.29 is 14.3 Å². The number of esters is 1. The zero-order valence-electron chi connectivity index (χ0n) is 11.6. The van der Waals surface area contributed by atoms with Crippen LogP contribution in [0.3, 0.4) is 0 Å². The van der Waals surface area contributed by atoms with Crippen LogP contribution in [0.1, 0.15) is 26.3 Å². The Morgan fingerprint density at radius 2 is 2.15 bits per heavy atom. The van der Waals surface area contributed by atoms with E-state index in [1.165, 1.54) is 0 Å². The summed E-state index contributed by atoms with van der Waals surface area (Å²) >= 11 is 3.43. The normalized spacial score (nSPS) is 29.0. The van der Waals surface area contributed by atoms with E-state index in [2.05, 4.69) is 21.2 Å². The van der Waals surface area contributed by atoms with Crippen molar-refractivity contribution in [1.29, 1.82) is 0 Å². The Bertz CT molecular complexity index is 626. The highest BCUT2D eigenvalue weighted by Gasteiger charge is 2.81. The first-order valence-electron chi connectivity index (χ1n) is 6.65. The van der Waals surface area contributed by atoms with E-state index in [1.807, 2.05) is 32.0 Å². The maximum absolute atomic E-state index is 12.5. The number of hydrogen-bond acceptors (Lipinski definition) is 3. The number of carbonyl (C=O) groups is 2. The Morgan fingerprint density at radius 3 is 2.80 bits per heavy atom. The van der Waals surface area contributed by atoms with Crippen LogP contribution in [0.4, 0.5) is 5.69 Å². The van der Waals surface area contributed by atoms with Gasteiger partial charge in [-0.3, -0.25) is 9.59 Å². The number of hydrogen-bond donors (Lipinski definition) is 1. The smallest absolute Gasteiger partial charge is 0.310 e. The largest absolute Gasteiger partial charge is 0.466 e. The number of carbonyl (C=O) groups excluding carboxylic acids is 2. The summed E-state index contributed by atoms with van der Waals surface area (Å²) in [4.78, 5) is 24.7. The fraction of sp³-hybridized carbons (Fsp3) is 0.467. The second-order valence-corrected chi connectivity index (χ2v) is 6.77. The van der Waals surface area contributed by atoms with Crippen LogP contribution >= 0.6 is 15.9 Å². The summed E-state index contributed by atoms with van der Waals surface area (Å²) in [5.74, 6) is -0.820. The Kier molecular flexibility index (Phi) is 2.77. The van der Waals surface area contributed by atoms with E-state index < -0.39 is 16.7 Å². The molecular weight excluding hydrogens is 322 g/mol. The monoisotopic (exact) mass is 337 g/mol. The SMILES string of the molecule is CCOC(=O)C1C(C)(C)C12C(=O)Nc1ccc(Br)cc12. The average Bonchev–Trinajstić information content (AvgIpc) is 2.76. The number of fused-ring (bicyclic) bond motifs is 2. The first kappa shape index (κ1) is 13.6. The third kappa shape index (κ3) is 1.41. The minimum Gasteiger partial charge on any atom is -0.466 e. The summed E-state index contributed by atoms with van der Waals surface area (Å²) in [6, 6.07) is 5.67. The molecule has 1 aromatic carbocycles. The predicted octanol–water partition coefficient (Wildman–Crippen LogP) is 2.86. The van der Waals surface area contributed by atoms with Gasteiger partial charge in [-0.15, -0.1) is 0 Å². The van der Waals surface area contributed by atoms with Gasteiger partial charge in [-0.2, -0.15) is 0 Å². The molecule has 1 saturated carbocycles. The summed E-state index contributed by atoms with van der Waals surface area (Å²) in [6.45, 7) is 6.00. The minimum absolute atomic E-state index is 0.103. The number of nitrogens with one attached hydrogen (secondary N) is 1. The Morgan fingerprint density at radius 1 is 1.45 bits per heavy atom. The van der Waals surface area contributed by atoms with Gasteiger partial charge < -0.3 is 10.1 Å². The van der Waals surface area contributed by atoms with Gasteiger partial charge in [0.25, 0.3) is 0 Å². The molecule has 0 saturated heterocycles. The standard InChI is InChI=1S/C15H16BrNO3/c1-4-20-12(18)11-14(2,3)15(11)9-7-8(16)5-6-10(9)17-13(15)19/h5-7,11H,4H2,1-3H3,(H,17,19). The number of ether oxygens (including phenoxy) is 1. The molecule has 0 radical (unpaired) electrons. The van der Waals surface area contributed by atoms with Crippen LogP contribution in [-0.4, -0.2) is 18.5 Å². The van der Waals surface area contributed by atoms with Gasteiger partial charge in [0, 0.05) is 10.2 Å². The van der Waals surface area contributed by atoms with Crippen LogP contribution in [0.2, 0.25) is 0 Å². The van der Waals surface area contributed by atoms with Crippen molar-refractivity contribution in [3.8, 4) is 0 Å². The van der Waals surface area contributed by atoms with Crippen molar-refractivity contribution in [2.75, 3.05) is 11.9 Å². The lowest BCUT2D eigenvalue weighted by Gasteiger charge is -2.11. The van der Waals surface area contributed by atoms with E-state index in [-0.39, 0.29) is 11.9 Å². The molecule has 0 aromatic heterocycles. The van der Waals surface area contributed by atoms with Gasteiger partial charge in [-0.25, -0.2) is 0 Å². The molecule has 2 atom stereocenters. The third-order valence-corrected chi connectivity index (χ3v) is 5.12. The van der Waals surface area contributed by atoms with Crippen molar-refractivity contribution in [2.24, 2.45) is 11.3 Å². The van der Waals surface area contributed by atoms with E-state index in [0.717, 1.165) is 15.7 Å². The van der Waals surface area contributed by atoms with Gasteiger partial charge >= 0.3 is 5.97 Å². The van der Waals surface area contributed by atoms with Crippen LogP contribution in [0.25, 0.3) is 0 Å². The van der Waals surface area contributed by atoms with E-state index in [0.29, 0.717) is 6.61 Å². The molecule has 1 spiro atoms. The second-order valence-electron chi connectivity index (χ2n) is 5.86. The fourth-order valence-electron chi connectivity index (χ4n) is 3.68. The quantitative estimate of drug-likeness (QED) is 0.844. The van der Waals surface area contributed by atoms with Gasteiger partial charge in [0.15, 0.2) is 0 Å². The zero-order valence-corrected chi connectivity index (χ0v) is 13.2. The molecule has 2 unspecified atom stereocenters. The lowest BCUT2D eigenvalue weighted by molar-refractivity contribution is -0.146. The average molecular weight is 338 g/mol. The molecule has 5 heteroatoms. The minimum atomic E-state index is -0.793. The molecule has 106 valence electrons. The van der Waals surface area contributed by atoms with Crippen molar-refractivity contribution in [3.63, 3.8) is 0 Å². The molecule has 2 aliphatic rings. The Hall–Kier alpha value is -1.36. The van der Waals surface area contributed by atoms with Crippen LogP contribution in [-0.2, 0) is 19.7 Å². The number of anilines is 1. The second kappa shape index (κ2) is 4.07. The number of halogens is 1. The first-order chi connectivity index (χ1) is 9.37. The van der Waals surface area contributed by atoms with Gasteiger partial charge in [0.1, 0.15) is 0 Å². The lowest BCUT2D eigenvalue weighted by Crippen LogP contribution is -2.26. The van der Waals surface area contributed by atoms with Crippen molar-refractivity contribution in [3.05, 3.63) is 28.2 Å².